The highest BCUT2D eigenvalue weighted by molar-refractivity contribution is 4.79. The Labute approximate surface area is 102 Å². The van der Waals surface area contributed by atoms with Crippen molar-refractivity contribution >= 4 is 0 Å². The van der Waals surface area contributed by atoms with Crippen LogP contribution in [0.2, 0.25) is 0 Å². The Hall–Kier alpha value is -0.300. The molecule has 0 rings (SSSR count). The van der Waals surface area contributed by atoms with Crippen LogP contribution in [0.15, 0.2) is 12.2 Å². The van der Waals surface area contributed by atoms with Gasteiger partial charge in [-0.3, -0.25) is 5.73 Å². The molecule has 16 heavy (non-hydrogen) atoms. The van der Waals surface area contributed by atoms with Gasteiger partial charge in [0.1, 0.15) is 0 Å². The Balaban J connectivity index is 3.07. The van der Waals surface area contributed by atoms with Crippen LogP contribution in [0.25, 0.3) is 0 Å². The molecule has 0 spiro atoms. The SMILES string of the molecule is CC/C=C/CCCCCCCCC(C)(C)[NH]. The zero-order valence-corrected chi connectivity index (χ0v) is 11.5. The van der Waals surface area contributed by atoms with Crippen LogP contribution < -0.4 is 5.73 Å². The van der Waals surface area contributed by atoms with Gasteiger partial charge in [0.05, 0.1) is 0 Å². The molecule has 0 fully saturated rings. The number of rotatable bonds is 10. The van der Waals surface area contributed by atoms with Gasteiger partial charge < -0.3 is 0 Å². The summed E-state index contributed by atoms with van der Waals surface area (Å²) in [6.07, 6.45) is 16.0. The molecule has 0 aromatic heterocycles. The van der Waals surface area contributed by atoms with Crippen LogP contribution in [0.5, 0.6) is 0 Å². The molecule has 0 aliphatic rings. The van der Waals surface area contributed by atoms with Crippen molar-refractivity contribution in [1.29, 1.82) is 0 Å². The van der Waals surface area contributed by atoms with E-state index >= 15 is 0 Å². The molecule has 1 nitrogen and oxygen atoms in total. The summed E-state index contributed by atoms with van der Waals surface area (Å²) in [4.78, 5) is 0. The lowest BCUT2D eigenvalue weighted by Gasteiger charge is -2.16. The van der Waals surface area contributed by atoms with Crippen molar-refractivity contribution < 1.29 is 0 Å². The molecule has 1 heteroatoms. The Bertz CT molecular complexity index is 165. The van der Waals surface area contributed by atoms with E-state index in [0.29, 0.717) is 0 Å². The number of nitrogens with one attached hydrogen (secondary N) is 1. The van der Waals surface area contributed by atoms with Gasteiger partial charge in [-0.15, -0.1) is 0 Å². The van der Waals surface area contributed by atoms with E-state index in [1.165, 1.54) is 51.4 Å². The molecule has 0 aliphatic heterocycles. The summed E-state index contributed by atoms with van der Waals surface area (Å²) < 4.78 is 0. The Morgan fingerprint density at radius 2 is 1.44 bits per heavy atom. The van der Waals surface area contributed by atoms with Crippen molar-refractivity contribution in [2.24, 2.45) is 0 Å². The van der Waals surface area contributed by atoms with Crippen LogP contribution in [0.1, 0.15) is 78.6 Å². The quantitative estimate of drug-likeness (QED) is 0.362. The molecule has 0 bridgehead atoms. The average Bonchev–Trinajstić information content (AvgIpc) is 2.19. The molecule has 95 valence electrons. The zero-order chi connectivity index (χ0) is 12.3. The minimum atomic E-state index is -0.217. The van der Waals surface area contributed by atoms with Crippen molar-refractivity contribution in [3.8, 4) is 0 Å². The second-order valence-corrected chi connectivity index (χ2v) is 5.42. The van der Waals surface area contributed by atoms with Crippen molar-refractivity contribution in [2.45, 2.75) is 84.1 Å². The minimum Gasteiger partial charge on any atom is -0.252 e. The smallest absolute Gasteiger partial charge is 0.0267 e. The summed E-state index contributed by atoms with van der Waals surface area (Å²) in [5.41, 5.74) is 7.52. The van der Waals surface area contributed by atoms with E-state index < -0.39 is 0 Å². The summed E-state index contributed by atoms with van der Waals surface area (Å²) in [5, 5.41) is 0. The highest BCUT2D eigenvalue weighted by Gasteiger charge is 2.09. The van der Waals surface area contributed by atoms with E-state index in [4.69, 9.17) is 5.73 Å². The van der Waals surface area contributed by atoms with Crippen LogP contribution in [0, 0.1) is 0 Å². The summed E-state index contributed by atoms with van der Waals surface area (Å²) >= 11 is 0. The molecule has 0 saturated carbocycles. The molecule has 0 aromatic carbocycles. The zero-order valence-electron chi connectivity index (χ0n) is 11.5. The van der Waals surface area contributed by atoms with Crippen LogP contribution in [-0.2, 0) is 0 Å². The Kier molecular flexibility index (Phi) is 9.71. The van der Waals surface area contributed by atoms with Gasteiger partial charge in [-0.05, 0) is 39.5 Å². The first kappa shape index (κ1) is 15.7. The van der Waals surface area contributed by atoms with Gasteiger partial charge in [0.25, 0.3) is 0 Å². The van der Waals surface area contributed by atoms with Crippen molar-refractivity contribution in [3.63, 3.8) is 0 Å². The predicted octanol–water partition coefficient (Wildman–Crippen LogP) is 5.13. The number of hydrogen-bond acceptors (Lipinski definition) is 0. The fourth-order valence-corrected chi connectivity index (χ4v) is 1.82. The lowest BCUT2D eigenvalue weighted by Crippen LogP contribution is -2.20. The molecule has 0 aliphatic carbocycles. The summed E-state index contributed by atoms with van der Waals surface area (Å²) in [6, 6.07) is 0. The number of allylic oxidation sites excluding steroid dienone is 2. The topological polar surface area (TPSA) is 23.8 Å². The lowest BCUT2D eigenvalue weighted by molar-refractivity contribution is 0.428. The maximum atomic E-state index is 7.73. The normalized spacial score (nSPS) is 12.5. The van der Waals surface area contributed by atoms with Gasteiger partial charge in [0, 0.05) is 5.54 Å². The fraction of sp³-hybridized carbons (Fsp3) is 0.867. The fourth-order valence-electron chi connectivity index (χ4n) is 1.82. The third-order valence-corrected chi connectivity index (χ3v) is 2.82. The number of hydrogen-bond donors (Lipinski definition) is 0. The van der Waals surface area contributed by atoms with Crippen LogP contribution in [-0.4, -0.2) is 5.54 Å². The van der Waals surface area contributed by atoms with Gasteiger partial charge in [-0.25, -0.2) is 0 Å². The molecule has 0 amide bonds. The van der Waals surface area contributed by atoms with E-state index in [2.05, 4.69) is 19.1 Å². The third kappa shape index (κ3) is 13.7. The number of unbranched alkanes of at least 4 members (excludes halogenated alkanes) is 6. The summed E-state index contributed by atoms with van der Waals surface area (Å²) in [7, 11) is 0. The second-order valence-electron chi connectivity index (χ2n) is 5.42. The molecule has 1 radical (unpaired) electrons. The van der Waals surface area contributed by atoms with Crippen LogP contribution >= 0.6 is 0 Å². The molecule has 1 N–H and O–H groups in total. The maximum absolute atomic E-state index is 7.73. The van der Waals surface area contributed by atoms with Gasteiger partial charge >= 0.3 is 0 Å². The first-order chi connectivity index (χ1) is 7.56. The minimum absolute atomic E-state index is 0.217. The molecule has 0 unspecified atom stereocenters. The molecular formula is C15H30N. The summed E-state index contributed by atoms with van der Waals surface area (Å²) in [6.45, 7) is 6.20. The third-order valence-electron chi connectivity index (χ3n) is 2.82. The second kappa shape index (κ2) is 9.89. The molecule has 0 heterocycles. The van der Waals surface area contributed by atoms with E-state index in [9.17, 15) is 0 Å². The van der Waals surface area contributed by atoms with E-state index in [0.717, 1.165) is 6.42 Å². The van der Waals surface area contributed by atoms with Crippen molar-refractivity contribution in [3.05, 3.63) is 12.2 Å². The largest absolute Gasteiger partial charge is 0.252 e. The molecule has 0 atom stereocenters. The van der Waals surface area contributed by atoms with Gasteiger partial charge in [0.15, 0.2) is 0 Å². The Morgan fingerprint density at radius 1 is 0.875 bits per heavy atom. The first-order valence-corrected chi connectivity index (χ1v) is 6.96. The predicted molar refractivity (Wildman–Crippen MR) is 73.5 cm³/mol. The molecule has 0 aromatic rings. The summed E-state index contributed by atoms with van der Waals surface area (Å²) in [5.74, 6) is 0. The molecule has 0 saturated heterocycles. The van der Waals surface area contributed by atoms with Crippen LogP contribution in [0.4, 0.5) is 0 Å². The van der Waals surface area contributed by atoms with Crippen molar-refractivity contribution in [2.75, 3.05) is 0 Å². The van der Waals surface area contributed by atoms with E-state index in [1.54, 1.807) is 0 Å². The van der Waals surface area contributed by atoms with Gasteiger partial charge in [0.2, 0.25) is 0 Å². The highest BCUT2D eigenvalue weighted by atomic mass is 14.7. The molecular weight excluding hydrogens is 194 g/mol. The standard InChI is InChI=1S/C15H30N/c1-4-5-6-7-8-9-10-11-12-13-14-15(2,3)16/h5-6,16H,4,7-14H2,1-3H3/b6-5+. The van der Waals surface area contributed by atoms with Gasteiger partial charge in [-0.2, -0.15) is 0 Å². The Morgan fingerprint density at radius 3 is 2.00 bits per heavy atom. The first-order valence-electron chi connectivity index (χ1n) is 6.96. The monoisotopic (exact) mass is 224 g/mol. The van der Waals surface area contributed by atoms with Gasteiger partial charge in [-0.1, -0.05) is 51.2 Å². The average molecular weight is 224 g/mol. The lowest BCUT2D eigenvalue weighted by atomic mass is 9.97. The van der Waals surface area contributed by atoms with E-state index in [-0.39, 0.29) is 5.54 Å². The maximum Gasteiger partial charge on any atom is 0.0267 e. The van der Waals surface area contributed by atoms with E-state index in [1.807, 2.05) is 13.8 Å². The van der Waals surface area contributed by atoms with Crippen LogP contribution in [0.3, 0.4) is 0 Å². The van der Waals surface area contributed by atoms with Crippen molar-refractivity contribution in [1.82, 2.24) is 5.73 Å². The highest BCUT2D eigenvalue weighted by Crippen LogP contribution is 2.14.